The second kappa shape index (κ2) is 5.56. The van der Waals surface area contributed by atoms with Gasteiger partial charge >= 0.3 is 6.03 Å². The maximum Gasteiger partial charge on any atom is 0.321 e. The van der Waals surface area contributed by atoms with Crippen molar-refractivity contribution in [2.24, 2.45) is 0 Å². The van der Waals surface area contributed by atoms with Gasteiger partial charge in [-0.05, 0) is 19.1 Å². The van der Waals surface area contributed by atoms with Crippen molar-refractivity contribution in [2.45, 2.75) is 13.5 Å². The Morgan fingerprint density at radius 2 is 2.15 bits per heavy atom. The summed E-state index contributed by atoms with van der Waals surface area (Å²) in [7, 11) is 0. The molecule has 7 heteroatoms. The Morgan fingerprint density at radius 1 is 1.30 bits per heavy atom. The first kappa shape index (κ1) is 13.0. The quantitative estimate of drug-likeness (QED) is 0.779. The number of rotatable bonds is 3. The largest absolute Gasteiger partial charge is 0.331 e. The van der Waals surface area contributed by atoms with Crippen LogP contribution in [0.3, 0.4) is 0 Å². The molecule has 2 aromatic heterocycles. The number of hydrogen-bond acceptors (Lipinski definition) is 5. The molecule has 0 atom stereocenters. The number of para-hydroxylation sites is 1. The molecule has 3 aromatic rings. The highest BCUT2D eigenvalue weighted by atomic mass is 32.1. The van der Waals surface area contributed by atoms with Crippen LogP contribution in [0.2, 0.25) is 0 Å². The summed E-state index contributed by atoms with van der Waals surface area (Å²) in [5, 5.41) is 8.96. The zero-order chi connectivity index (χ0) is 13.9. The molecule has 0 aliphatic rings. The van der Waals surface area contributed by atoms with Gasteiger partial charge < -0.3 is 5.32 Å². The van der Waals surface area contributed by atoms with Gasteiger partial charge in [0.05, 0.1) is 16.8 Å². The van der Waals surface area contributed by atoms with Gasteiger partial charge in [-0.1, -0.05) is 23.5 Å². The number of urea groups is 1. The second-order valence-corrected chi connectivity index (χ2v) is 6.15. The smallest absolute Gasteiger partial charge is 0.321 e. The summed E-state index contributed by atoms with van der Waals surface area (Å²) in [6.45, 7) is 2.36. The SMILES string of the molecule is Cc1csc(CNC(=O)Nc2nc3ccccc3s2)n1. The maximum absolute atomic E-state index is 11.8. The first-order valence-corrected chi connectivity index (χ1v) is 7.72. The number of benzene rings is 1. The molecular formula is C13H12N4OS2. The van der Waals surface area contributed by atoms with E-state index >= 15 is 0 Å². The molecule has 5 nitrogen and oxygen atoms in total. The number of amides is 2. The summed E-state index contributed by atoms with van der Waals surface area (Å²) in [5.74, 6) is 0. The number of thiazole rings is 2. The topological polar surface area (TPSA) is 66.9 Å². The van der Waals surface area contributed by atoms with E-state index in [-0.39, 0.29) is 6.03 Å². The number of carbonyl (C=O) groups is 1. The van der Waals surface area contributed by atoms with E-state index in [1.165, 1.54) is 22.7 Å². The number of nitrogens with one attached hydrogen (secondary N) is 2. The Bertz CT molecular complexity index is 717. The molecule has 0 unspecified atom stereocenters. The lowest BCUT2D eigenvalue weighted by Gasteiger charge is -2.02. The van der Waals surface area contributed by atoms with Crippen molar-refractivity contribution < 1.29 is 4.79 Å². The predicted molar refractivity (Wildman–Crippen MR) is 82.3 cm³/mol. The third-order valence-corrected chi connectivity index (χ3v) is 4.50. The Morgan fingerprint density at radius 3 is 2.90 bits per heavy atom. The van der Waals surface area contributed by atoms with Gasteiger partial charge in [0, 0.05) is 11.1 Å². The molecule has 0 spiro atoms. The van der Waals surface area contributed by atoms with E-state index in [0.29, 0.717) is 11.7 Å². The van der Waals surface area contributed by atoms with Crippen LogP contribution < -0.4 is 10.6 Å². The molecule has 2 heterocycles. The van der Waals surface area contributed by atoms with Crippen LogP contribution >= 0.6 is 22.7 Å². The van der Waals surface area contributed by atoms with E-state index in [2.05, 4.69) is 20.6 Å². The zero-order valence-corrected chi connectivity index (χ0v) is 12.3. The summed E-state index contributed by atoms with van der Waals surface area (Å²) in [6.07, 6.45) is 0. The van der Waals surface area contributed by atoms with Crippen LogP contribution in [0.5, 0.6) is 0 Å². The van der Waals surface area contributed by atoms with Crippen LogP contribution in [0.4, 0.5) is 9.93 Å². The molecule has 2 amide bonds. The molecule has 1 aromatic carbocycles. The van der Waals surface area contributed by atoms with Crippen molar-refractivity contribution in [3.63, 3.8) is 0 Å². The maximum atomic E-state index is 11.8. The van der Waals surface area contributed by atoms with Crippen molar-refractivity contribution in [2.75, 3.05) is 5.32 Å². The van der Waals surface area contributed by atoms with Gasteiger partial charge in [-0.15, -0.1) is 11.3 Å². The second-order valence-electron chi connectivity index (χ2n) is 4.18. The molecule has 0 saturated carbocycles. The van der Waals surface area contributed by atoms with Crippen molar-refractivity contribution in [1.29, 1.82) is 0 Å². The van der Waals surface area contributed by atoms with E-state index in [0.717, 1.165) is 20.9 Å². The Balaban J connectivity index is 1.60. The van der Waals surface area contributed by atoms with Crippen LogP contribution in [0.25, 0.3) is 10.2 Å². The minimum Gasteiger partial charge on any atom is -0.331 e. The zero-order valence-electron chi connectivity index (χ0n) is 10.7. The third kappa shape index (κ3) is 2.94. The highest BCUT2D eigenvalue weighted by Gasteiger charge is 2.07. The summed E-state index contributed by atoms with van der Waals surface area (Å²) < 4.78 is 1.05. The van der Waals surface area contributed by atoms with Gasteiger partial charge in [0.25, 0.3) is 0 Å². The van der Waals surface area contributed by atoms with Gasteiger partial charge in [-0.2, -0.15) is 0 Å². The van der Waals surface area contributed by atoms with Crippen molar-refractivity contribution >= 4 is 44.1 Å². The summed E-state index contributed by atoms with van der Waals surface area (Å²) in [5.41, 5.74) is 1.86. The van der Waals surface area contributed by atoms with Crippen LogP contribution in [-0.4, -0.2) is 16.0 Å². The van der Waals surface area contributed by atoms with Gasteiger partial charge in [0.1, 0.15) is 5.01 Å². The number of anilines is 1. The van der Waals surface area contributed by atoms with Gasteiger partial charge in [-0.25, -0.2) is 14.8 Å². The lowest BCUT2D eigenvalue weighted by atomic mass is 10.3. The van der Waals surface area contributed by atoms with E-state index in [1.807, 2.05) is 36.6 Å². The molecule has 102 valence electrons. The van der Waals surface area contributed by atoms with Crippen molar-refractivity contribution in [1.82, 2.24) is 15.3 Å². The summed E-state index contributed by atoms with van der Waals surface area (Å²) in [6, 6.07) is 7.52. The Kier molecular flexibility index (Phi) is 3.62. The number of carbonyl (C=O) groups excluding carboxylic acids is 1. The minimum atomic E-state index is -0.267. The number of aromatic nitrogens is 2. The fraction of sp³-hybridized carbons (Fsp3) is 0.154. The predicted octanol–water partition coefficient (Wildman–Crippen LogP) is 3.38. The van der Waals surface area contributed by atoms with Crippen molar-refractivity contribution in [3.05, 3.63) is 40.3 Å². The number of fused-ring (bicyclic) bond motifs is 1. The molecule has 2 N–H and O–H groups in total. The van der Waals surface area contributed by atoms with E-state index in [9.17, 15) is 4.79 Å². The van der Waals surface area contributed by atoms with Gasteiger partial charge in [-0.3, -0.25) is 5.32 Å². The molecule has 0 fully saturated rings. The standard InChI is InChI=1S/C13H12N4OS2/c1-8-7-19-11(15-8)6-14-12(18)17-13-16-9-4-2-3-5-10(9)20-13/h2-5,7H,6H2,1H3,(H2,14,16,17,18). The van der Waals surface area contributed by atoms with Crippen LogP contribution in [0, 0.1) is 6.92 Å². The molecule has 0 aliphatic heterocycles. The lowest BCUT2D eigenvalue weighted by molar-refractivity contribution is 0.251. The molecular weight excluding hydrogens is 292 g/mol. The lowest BCUT2D eigenvalue weighted by Crippen LogP contribution is -2.28. The minimum absolute atomic E-state index is 0.267. The van der Waals surface area contributed by atoms with Gasteiger partial charge in [0.15, 0.2) is 5.13 Å². The Hall–Kier alpha value is -1.99. The molecule has 0 radical (unpaired) electrons. The highest BCUT2D eigenvalue weighted by Crippen LogP contribution is 2.25. The van der Waals surface area contributed by atoms with E-state index in [1.54, 1.807) is 0 Å². The summed E-state index contributed by atoms with van der Waals surface area (Å²) in [4.78, 5) is 20.4. The fourth-order valence-electron chi connectivity index (χ4n) is 1.71. The molecule has 3 rings (SSSR count). The molecule has 0 saturated heterocycles. The summed E-state index contributed by atoms with van der Waals surface area (Å²) >= 11 is 2.99. The molecule has 0 aliphatic carbocycles. The van der Waals surface area contributed by atoms with E-state index < -0.39 is 0 Å². The highest BCUT2D eigenvalue weighted by molar-refractivity contribution is 7.22. The average molecular weight is 304 g/mol. The monoisotopic (exact) mass is 304 g/mol. The normalized spacial score (nSPS) is 10.7. The van der Waals surface area contributed by atoms with Crippen LogP contribution in [-0.2, 0) is 6.54 Å². The molecule has 0 bridgehead atoms. The number of nitrogens with zero attached hydrogens (tertiary/aromatic N) is 2. The average Bonchev–Trinajstić information content (AvgIpc) is 3.01. The Labute approximate surface area is 123 Å². The number of aryl methyl sites for hydroxylation is 1. The first-order valence-electron chi connectivity index (χ1n) is 6.02. The van der Waals surface area contributed by atoms with Gasteiger partial charge in [0.2, 0.25) is 0 Å². The number of hydrogen-bond donors (Lipinski definition) is 2. The van der Waals surface area contributed by atoms with Crippen LogP contribution in [0.1, 0.15) is 10.7 Å². The fourth-order valence-corrected chi connectivity index (χ4v) is 3.28. The molecule has 20 heavy (non-hydrogen) atoms. The third-order valence-electron chi connectivity index (χ3n) is 2.58. The van der Waals surface area contributed by atoms with Crippen molar-refractivity contribution in [3.8, 4) is 0 Å². The van der Waals surface area contributed by atoms with E-state index in [4.69, 9.17) is 0 Å². The first-order chi connectivity index (χ1) is 9.70. The van der Waals surface area contributed by atoms with Crippen LogP contribution in [0.15, 0.2) is 29.6 Å².